The van der Waals surface area contributed by atoms with Gasteiger partial charge in [0.2, 0.25) is 0 Å². The summed E-state index contributed by atoms with van der Waals surface area (Å²) in [6.45, 7) is 3.43. The van der Waals surface area contributed by atoms with Crippen LogP contribution in [0.15, 0.2) is 24.3 Å². The molecule has 0 aliphatic heterocycles. The minimum Gasteiger partial charge on any atom is -0.741 e. The van der Waals surface area contributed by atoms with Crippen LogP contribution in [-0.4, -0.2) is 18.5 Å². The van der Waals surface area contributed by atoms with Crippen LogP contribution in [0, 0.1) is 13.8 Å². The smallest absolute Gasteiger partial charge is 0.600 e. The number of rotatable bonds is 0. The molecule has 2 rings (SSSR count). The number of aryl methyl sites for hydroxylation is 2. The third-order valence-corrected chi connectivity index (χ3v) is 5.18. The molecule has 23 heavy (non-hydrogen) atoms. The molecule has 0 bridgehead atoms. The molecule has 0 N–H and O–H groups in total. The molecule has 0 saturated carbocycles. The molecule has 1 atom stereocenters. The van der Waals surface area contributed by atoms with Gasteiger partial charge in [0.25, 0.3) is 0 Å². The first-order valence-corrected chi connectivity index (χ1v) is 8.40. The minimum atomic E-state index is -6.09. The van der Waals surface area contributed by atoms with E-state index in [1.807, 2.05) is 6.92 Å². The van der Waals surface area contributed by atoms with Gasteiger partial charge in [0.05, 0.1) is 10.5 Å². The van der Waals surface area contributed by atoms with Crippen molar-refractivity contribution in [3.8, 4) is 0 Å². The van der Waals surface area contributed by atoms with Crippen molar-refractivity contribution in [2.75, 3.05) is 0 Å². The summed E-state index contributed by atoms with van der Waals surface area (Å²) >= 11 is 0. The van der Waals surface area contributed by atoms with Crippen molar-refractivity contribution in [1.29, 1.82) is 0 Å². The highest BCUT2D eigenvalue weighted by atomic mass is 32.2. The van der Waals surface area contributed by atoms with Gasteiger partial charge in [-0.1, -0.05) is 11.6 Å². The second kappa shape index (κ2) is 6.29. The monoisotopic (exact) mass is 380 g/mol. The zero-order valence-corrected chi connectivity index (χ0v) is 13.3. The van der Waals surface area contributed by atoms with Gasteiger partial charge in [0.1, 0.15) is 0 Å². The van der Waals surface area contributed by atoms with E-state index in [2.05, 4.69) is 0 Å². The van der Waals surface area contributed by atoms with Crippen LogP contribution in [0.1, 0.15) is 10.4 Å². The first kappa shape index (κ1) is 19.7. The number of benzene rings is 1. The van der Waals surface area contributed by atoms with Crippen molar-refractivity contribution in [1.82, 2.24) is 0 Å². The Morgan fingerprint density at radius 2 is 1.48 bits per heavy atom. The Labute approximate surface area is 130 Å². The molecule has 0 fully saturated rings. The van der Waals surface area contributed by atoms with Crippen LogP contribution >= 0.6 is 10.5 Å². The first-order chi connectivity index (χ1) is 10.1. The Morgan fingerprint density at radius 1 is 1.00 bits per heavy atom. The van der Waals surface area contributed by atoms with Crippen LogP contribution in [-0.2, 0) is 15.6 Å². The largest absolute Gasteiger partial charge is 0.741 e. The fourth-order valence-corrected chi connectivity index (χ4v) is 3.49. The molecule has 0 radical (unpaired) electrons. The zero-order valence-electron chi connectivity index (χ0n) is 11.6. The average molecular weight is 380 g/mol. The molecule has 1 heterocycles. The second-order valence-electron chi connectivity index (χ2n) is 4.45. The highest BCUT2D eigenvalue weighted by Crippen LogP contribution is 2.50. The highest BCUT2D eigenvalue weighted by Gasteiger charge is 2.46. The van der Waals surface area contributed by atoms with Crippen molar-refractivity contribution in [2.45, 2.75) is 24.9 Å². The summed E-state index contributed by atoms with van der Waals surface area (Å²) in [5.74, 6) is 0. The van der Waals surface area contributed by atoms with E-state index in [0.29, 0.717) is 15.0 Å². The molecule has 3 nitrogen and oxygen atoms in total. The van der Waals surface area contributed by atoms with Crippen LogP contribution in [0.3, 0.4) is 0 Å². The molecule has 1 unspecified atom stereocenters. The number of fused-ring (bicyclic) bond motifs is 1. The molecular weight excluding hydrogens is 370 g/mol. The van der Waals surface area contributed by atoms with Gasteiger partial charge in [0, 0.05) is 18.4 Å². The summed E-state index contributed by atoms with van der Waals surface area (Å²) in [6.07, 6.45) is 0. The van der Waals surface area contributed by atoms with Crippen LogP contribution in [0.4, 0.5) is 26.3 Å². The van der Waals surface area contributed by atoms with Crippen molar-refractivity contribution < 1.29 is 39.3 Å². The SMILES string of the molecule is Cc1ccc2c(c1)cc(C)[s+]2C(F)(F)F.O=S(=O)([O-])C(F)(F)F. The molecule has 0 aliphatic rings. The van der Waals surface area contributed by atoms with E-state index in [4.69, 9.17) is 13.0 Å². The quantitative estimate of drug-likeness (QED) is 0.287. The summed E-state index contributed by atoms with van der Waals surface area (Å²) in [5.41, 5.74) is -8.81. The van der Waals surface area contributed by atoms with E-state index >= 15 is 0 Å². The predicted octanol–water partition coefficient (Wildman–Crippen LogP) is 4.73. The van der Waals surface area contributed by atoms with Gasteiger partial charge >= 0.3 is 11.0 Å². The summed E-state index contributed by atoms with van der Waals surface area (Å²) in [7, 11) is -7.80. The van der Waals surface area contributed by atoms with Gasteiger partial charge < -0.3 is 4.55 Å². The van der Waals surface area contributed by atoms with E-state index in [1.165, 1.54) is 0 Å². The van der Waals surface area contributed by atoms with Gasteiger partial charge in [-0.3, -0.25) is 0 Å². The Kier molecular flexibility index (Phi) is 5.39. The van der Waals surface area contributed by atoms with Gasteiger partial charge in [0.15, 0.2) is 19.7 Å². The van der Waals surface area contributed by atoms with Gasteiger partial charge in [-0.15, -0.1) is 13.2 Å². The van der Waals surface area contributed by atoms with Crippen molar-refractivity contribution in [3.05, 3.63) is 34.7 Å². The highest BCUT2D eigenvalue weighted by molar-refractivity contribution is 7.86. The maximum Gasteiger partial charge on any atom is 0.600 e. The fraction of sp³-hybridized carbons (Fsp3) is 0.333. The summed E-state index contributed by atoms with van der Waals surface area (Å²) in [6, 6.07) is 6.77. The second-order valence-corrected chi connectivity index (χ2v) is 7.98. The maximum atomic E-state index is 12.8. The Balaban J connectivity index is 0.000000284. The predicted molar refractivity (Wildman–Crippen MR) is 73.0 cm³/mol. The number of halogens is 6. The van der Waals surface area contributed by atoms with Crippen molar-refractivity contribution in [3.63, 3.8) is 0 Å². The first-order valence-electron chi connectivity index (χ1n) is 5.77. The lowest BCUT2D eigenvalue weighted by molar-refractivity contribution is -0.0867. The van der Waals surface area contributed by atoms with Gasteiger partial charge in [-0.25, -0.2) is 8.42 Å². The van der Waals surface area contributed by atoms with Crippen LogP contribution in [0.25, 0.3) is 10.1 Å². The number of hydrogen-bond donors (Lipinski definition) is 0. The molecule has 11 heteroatoms. The molecule has 0 saturated heterocycles. The van der Waals surface area contributed by atoms with E-state index in [-0.39, 0.29) is 0 Å². The molecular formula is C12H10F6O3S2. The van der Waals surface area contributed by atoms with Crippen LogP contribution in [0.5, 0.6) is 0 Å². The maximum absolute atomic E-state index is 12.8. The Morgan fingerprint density at radius 3 is 1.87 bits per heavy atom. The normalized spacial score (nSPS) is 13.7. The number of thiophene rings is 1. The van der Waals surface area contributed by atoms with Crippen LogP contribution < -0.4 is 0 Å². The molecule has 2 aromatic rings. The number of hydrogen-bond acceptors (Lipinski definition) is 3. The summed E-state index contributed by atoms with van der Waals surface area (Å²) < 4.78 is 97.6. The van der Waals surface area contributed by atoms with E-state index < -0.39 is 31.6 Å². The molecule has 0 aliphatic carbocycles. The molecule has 130 valence electrons. The van der Waals surface area contributed by atoms with E-state index in [0.717, 1.165) is 5.56 Å². The van der Waals surface area contributed by atoms with Crippen molar-refractivity contribution >= 4 is 30.7 Å². The lowest BCUT2D eigenvalue weighted by atomic mass is 10.2. The van der Waals surface area contributed by atoms with Crippen molar-refractivity contribution in [2.24, 2.45) is 0 Å². The molecule has 0 spiro atoms. The fourth-order valence-electron chi connectivity index (χ4n) is 1.73. The lowest BCUT2D eigenvalue weighted by Crippen LogP contribution is -2.21. The van der Waals surface area contributed by atoms with Gasteiger partial charge in [-0.05, 0) is 19.1 Å². The van der Waals surface area contributed by atoms with E-state index in [1.54, 1.807) is 31.2 Å². The van der Waals surface area contributed by atoms with E-state index in [9.17, 15) is 26.3 Å². The lowest BCUT2D eigenvalue weighted by Gasteiger charge is -2.08. The Hall–Kier alpha value is -1.33. The number of alkyl halides is 6. The third-order valence-electron chi connectivity index (χ3n) is 2.58. The molecule has 1 aromatic heterocycles. The molecule has 1 aromatic carbocycles. The molecule has 0 amide bonds. The average Bonchev–Trinajstić information content (AvgIpc) is 2.61. The Bertz CT molecular complexity index is 803. The summed E-state index contributed by atoms with van der Waals surface area (Å²) in [4.78, 5) is 0.406. The minimum absolute atomic E-state index is 0.406. The standard InChI is InChI=1S/C11H10F3S.CHF3O3S/c1-7-3-4-10-9(5-7)6-8(2)15(10)11(12,13)14;2-1(3,4)8(5,6)7/h3-6H,1-2H3;(H,5,6,7)/q+1;/p-1. The zero-order chi connectivity index (χ0) is 18.2. The third kappa shape index (κ3) is 4.82. The topological polar surface area (TPSA) is 57.2 Å². The van der Waals surface area contributed by atoms with Gasteiger partial charge in [-0.2, -0.15) is 13.2 Å². The summed E-state index contributed by atoms with van der Waals surface area (Å²) in [5, 5.41) is 0.716. The van der Waals surface area contributed by atoms with Crippen LogP contribution in [0.2, 0.25) is 0 Å².